The maximum absolute atomic E-state index is 13.3. The number of aromatic nitrogens is 4. The Morgan fingerprint density at radius 3 is 2.38 bits per heavy atom. The van der Waals surface area contributed by atoms with Crippen molar-refractivity contribution in [3.05, 3.63) is 48.0 Å². The normalized spacial score (nSPS) is 11.0. The van der Waals surface area contributed by atoms with E-state index in [1.165, 1.54) is 10.9 Å². The van der Waals surface area contributed by atoms with Gasteiger partial charge in [0.15, 0.2) is 17.5 Å². The summed E-state index contributed by atoms with van der Waals surface area (Å²) in [6.45, 7) is 0. The first-order chi connectivity index (χ1) is 9.97. The van der Waals surface area contributed by atoms with E-state index in [1.807, 2.05) is 0 Å². The Kier molecular flexibility index (Phi) is 2.93. The molecular weight excluding hydrogens is 283 g/mol. The number of anilines is 1. The average Bonchev–Trinajstić information content (AvgIpc) is 3.01. The molecule has 0 saturated carbocycles. The second kappa shape index (κ2) is 4.65. The standard InChI is InChI=1S/C13H10F3N5/c1-20-11(2-3-18-20)13-10(17)6-21(19-13)7-4-8(14)12(16)9(15)5-7/h2-6H,17H2,1H3. The van der Waals surface area contributed by atoms with Crippen LogP contribution in [0.15, 0.2) is 30.6 Å². The minimum absolute atomic E-state index is 0.0338. The minimum atomic E-state index is -1.52. The molecule has 0 fully saturated rings. The molecule has 3 rings (SSSR count). The summed E-state index contributed by atoms with van der Waals surface area (Å²) in [4.78, 5) is 0. The Hall–Kier alpha value is -2.77. The molecule has 0 bridgehead atoms. The van der Waals surface area contributed by atoms with Crippen LogP contribution in [0.1, 0.15) is 0 Å². The predicted molar refractivity (Wildman–Crippen MR) is 70.1 cm³/mol. The summed E-state index contributed by atoms with van der Waals surface area (Å²) in [5.41, 5.74) is 7.27. The van der Waals surface area contributed by atoms with Crippen molar-refractivity contribution in [2.45, 2.75) is 0 Å². The molecule has 0 aliphatic rings. The number of halogens is 3. The monoisotopic (exact) mass is 293 g/mol. The van der Waals surface area contributed by atoms with Crippen LogP contribution in [0.2, 0.25) is 0 Å². The van der Waals surface area contributed by atoms with Gasteiger partial charge in [-0.15, -0.1) is 0 Å². The van der Waals surface area contributed by atoms with Crippen LogP contribution < -0.4 is 5.73 Å². The van der Waals surface area contributed by atoms with Crippen LogP contribution in [0.4, 0.5) is 18.9 Å². The smallest absolute Gasteiger partial charge is 0.194 e. The lowest BCUT2D eigenvalue weighted by atomic mass is 10.3. The van der Waals surface area contributed by atoms with Crippen LogP contribution in [0, 0.1) is 17.5 Å². The first-order valence-corrected chi connectivity index (χ1v) is 5.96. The topological polar surface area (TPSA) is 61.7 Å². The van der Waals surface area contributed by atoms with E-state index in [-0.39, 0.29) is 5.69 Å². The van der Waals surface area contributed by atoms with Crippen LogP contribution in [-0.2, 0) is 7.05 Å². The van der Waals surface area contributed by atoms with E-state index >= 15 is 0 Å². The summed E-state index contributed by atoms with van der Waals surface area (Å²) in [6.07, 6.45) is 2.97. The number of rotatable bonds is 2. The number of aryl methyl sites for hydroxylation is 1. The molecule has 0 aliphatic heterocycles. The van der Waals surface area contributed by atoms with Gasteiger partial charge < -0.3 is 5.73 Å². The maximum atomic E-state index is 13.3. The molecule has 21 heavy (non-hydrogen) atoms. The molecule has 3 aromatic rings. The quantitative estimate of drug-likeness (QED) is 0.737. The highest BCUT2D eigenvalue weighted by Gasteiger charge is 2.16. The van der Waals surface area contributed by atoms with Gasteiger partial charge in [0.2, 0.25) is 0 Å². The number of nitrogens with two attached hydrogens (primary N) is 1. The van der Waals surface area contributed by atoms with E-state index in [0.717, 1.165) is 12.1 Å². The van der Waals surface area contributed by atoms with E-state index in [0.29, 0.717) is 17.1 Å². The lowest BCUT2D eigenvalue weighted by Gasteiger charge is -2.03. The molecule has 0 atom stereocenters. The number of benzene rings is 1. The van der Waals surface area contributed by atoms with Gasteiger partial charge >= 0.3 is 0 Å². The maximum Gasteiger partial charge on any atom is 0.194 e. The van der Waals surface area contributed by atoms with Crippen LogP contribution in [-0.4, -0.2) is 19.6 Å². The number of nitrogens with zero attached hydrogens (tertiary/aromatic N) is 4. The van der Waals surface area contributed by atoms with Crippen LogP contribution in [0.25, 0.3) is 17.1 Å². The second-order valence-electron chi connectivity index (χ2n) is 4.44. The third-order valence-corrected chi connectivity index (χ3v) is 3.04. The Balaban J connectivity index is 2.12. The van der Waals surface area contributed by atoms with Gasteiger partial charge in [-0.25, -0.2) is 17.9 Å². The van der Waals surface area contributed by atoms with Crippen molar-refractivity contribution in [3.8, 4) is 17.1 Å². The summed E-state index contributed by atoms with van der Waals surface area (Å²) in [5, 5.41) is 8.17. The van der Waals surface area contributed by atoms with Crippen molar-refractivity contribution in [1.29, 1.82) is 0 Å². The van der Waals surface area contributed by atoms with Gasteiger partial charge in [0.1, 0.15) is 5.69 Å². The number of nitrogen functional groups attached to an aromatic ring is 1. The van der Waals surface area contributed by atoms with Gasteiger partial charge in [-0.2, -0.15) is 10.2 Å². The van der Waals surface area contributed by atoms with Crippen molar-refractivity contribution in [2.24, 2.45) is 7.05 Å². The second-order valence-corrected chi connectivity index (χ2v) is 4.44. The van der Waals surface area contributed by atoms with Crippen molar-refractivity contribution < 1.29 is 13.2 Å². The highest BCUT2D eigenvalue weighted by atomic mass is 19.2. The zero-order valence-corrected chi connectivity index (χ0v) is 10.9. The summed E-state index contributed by atoms with van der Waals surface area (Å²) < 4.78 is 42.3. The van der Waals surface area contributed by atoms with E-state index in [2.05, 4.69) is 10.2 Å². The highest BCUT2D eigenvalue weighted by Crippen LogP contribution is 2.25. The third-order valence-electron chi connectivity index (χ3n) is 3.04. The van der Waals surface area contributed by atoms with Gasteiger partial charge in [0, 0.05) is 25.4 Å². The Bertz CT molecular complexity index is 798. The first kappa shape index (κ1) is 13.2. The summed E-state index contributed by atoms with van der Waals surface area (Å²) in [7, 11) is 1.71. The van der Waals surface area contributed by atoms with E-state index in [9.17, 15) is 13.2 Å². The molecule has 0 amide bonds. The molecule has 8 heteroatoms. The molecule has 5 nitrogen and oxygen atoms in total. The molecule has 0 spiro atoms. The highest BCUT2D eigenvalue weighted by molar-refractivity contribution is 5.69. The predicted octanol–water partition coefficient (Wildman–Crippen LogP) is 2.27. The number of hydrogen-bond donors (Lipinski definition) is 1. The molecule has 0 unspecified atom stereocenters. The first-order valence-electron chi connectivity index (χ1n) is 5.96. The van der Waals surface area contributed by atoms with Crippen LogP contribution in [0.3, 0.4) is 0 Å². The fourth-order valence-electron chi connectivity index (χ4n) is 2.00. The van der Waals surface area contributed by atoms with Gasteiger partial charge in [-0.05, 0) is 6.07 Å². The van der Waals surface area contributed by atoms with E-state index in [1.54, 1.807) is 24.0 Å². The Morgan fingerprint density at radius 2 is 1.81 bits per heavy atom. The molecule has 2 N–H and O–H groups in total. The molecule has 0 saturated heterocycles. The summed E-state index contributed by atoms with van der Waals surface area (Å²) >= 11 is 0. The molecule has 1 aromatic carbocycles. The van der Waals surface area contributed by atoms with Crippen LogP contribution in [0.5, 0.6) is 0 Å². The Labute approximate surface area is 117 Å². The lowest BCUT2D eigenvalue weighted by Crippen LogP contribution is -2.00. The van der Waals surface area contributed by atoms with Crippen molar-refractivity contribution in [1.82, 2.24) is 19.6 Å². The van der Waals surface area contributed by atoms with Crippen molar-refractivity contribution in [3.63, 3.8) is 0 Å². The van der Waals surface area contributed by atoms with Gasteiger partial charge in [-0.3, -0.25) is 4.68 Å². The van der Waals surface area contributed by atoms with Gasteiger partial charge in [0.05, 0.1) is 23.3 Å². The molecule has 108 valence electrons. The van der Waals surface area contributed by atoms with Gasteiger partial charge in [-0.1, -0.05) is 0 Å². The van der Waals surface area contributed by atoms with Gasteiger partial charge in [0.25, 0.3) is 0 Å². The minimum Gasteiger partial charge on any atom is -0.396 e. The largest absolute Gasteiger partial charge is 0.396 e. The Morgan fingerprint density at radius 1 is 1.14 bits per heavy atom. The van der Waals surface area contributed by atoms with Crippen molar-refractivity contribution >= 4 is 5.69 Å². The molecule has 2 heterocycles. The SMILES string of the molecule is Cn1nccc1-c1nn(-c2cc(F)c(F)c(F)c2)cc1N. The van der Waals surface area contributed by atoms with E-state index < -0.39 is 17.5 Å². The fraction of sp³-hybridized carbons (Fsp3) is 0.0769. The average molecular weight is 293 g/mol. The molecule has 0 aliphatic carbocycles. The van der Waals surface area contributed by atoms with Crippen molar-refractivity contribution in [2.75, 3.05) is 5.73 Å². The molecule has 0 radical (unpaired) electrons. The summed E-state index contributed by atoms with van der Waals surface area (Å²) in [5.74, 6) is -4.10. The zero-order valence-electron chi connectivity index (χ0n) is 10.9. The third kappa shape index (κ3) is 2.14. The molecular formula is C13H10F3N5. The summed E-state index contributed by atoms with van der Waals surface area (Å²) in [6, 6.07) is 3.39. The molecule has 2 aromatic heterocycles. The van der Waals surface area contributed by atoms with Crippen LogP contribution >= 0.6 is 0 Å². The zero-order chi connectivity index (χ0) is 15.1. The van der Waals surface area contributed by atoms with E-state index in [4.69, 9.17) is 5.73 Å². The fourth-order valence-corrected chi connectivity index (χ4v) is 2.00. The lowest BCUT2D eigenvalue weighted by molar-refractivity contribution is 0.446. The number of hydrogen-bond acceptors (Lipinski definition) is 3.